The van der Waals surface area contributed by atoms with Crippen molar-refractivity contribution in [2.24, 2.45) is 13.0 Å². The molecule has 1 amide bonds. The van der Waals surface area contributed by atoms with E-state index >= 15 is 0 Å². The van der Waals surface area contributed by atoms with Crippen LogP contribution >= 0.6 is 11.6 Å². The number of rotatable bonds is 4. The third-order valence-corrected chi connectivity index (χ3v) is 3.67. The van der Waals surface area contributed by atoms with Gasteiger partial charge < -0.3 is 0 Å². The first kappa shape index (κ1) is 13.0. The van der Waals surface area contributed by atoms with E-state index in [9.17, 15) is 4.79 Å². The Kier molecular flexibility index (Phi) is 3.36. The van der Waals surface area contributed by atoms with Crippen LogP contribution in [0.1, 0.15) is 17.9 Å². The van der Waals surface area contributed by atoms with E-state index in [0.717, 1.165) is 17.7 Å². The Bertz CT molecular complexity index is 640. The molecule has 2 aromatic rings. The predicted molar refractivity (Wildman–Crippen MR) is 77.3 cm³/mol. The van der Waals surface area contributed by atoms with E-state index in [1.807, 2.05) is 31.6 Å². The van der Waals surface area contributed by atoms with Crippen LogP contribution in [0.5, 0.6) is 0 Å². The lowest BCUT2D eigenvalue weighted by Gasteiger charge is -2.08. The third kappa shape index (κ3) is 2.77. The number of carbonyl (C=O) groups is 1. The molecule has 0 unspecified atom stereocenters. The Balaban J connectivity index is 1.54. The monoisotopic (exact) mass is 290 g/mol. The summed E-state index contributed by atoms with van der Waals surface area (Å²) >= 11 is 5.88. The number of hydrogen-bond donors (Lipinski definition) is 2. The number of halogens is 1. The average molecular weight is 291 g/mol. The highest BCUT2D eigenvalue weighted by Crippen LogP contribution is 2.47. The molecule has 3 rings (SSSR count). The maximum atomic E-state index is 12.0. The van der Waals surface area contributed by atoms with Gasteiger partial charge in [-0.25, -0.2) is 0 Å². The Hall–Kier alpha value is -2.01. The normalized spacial score (nSPS) is 20.5. The van der Waals surface area contributed by atoms with Gasteiger partial charge in [-0.3, -0.25) is 20.3 Å². The summed E-state index contributed by atoms with van der Waals surface area (Å²) in [6, 6.07) is 7.21. The van der Waals surface area contributed by atoms with Gasteiger partial charge in [0.2, 0.25) is 5.91 Å². The second-order valence-electron chi connectivity index (χ2n) is 5.02. The molecule has 0 radical (unpaired) electrons. The van der Waals surface area contributed by atoms with E-state index in [1.165, 1.54) is 0 Å². The molecule has 1 aliphatic rings. The smallest absolute Gasteiger partial charge is 0.242 e. The fourth-order valence-electron chi connectivity index (χ4n) is 2.28. The molecule has 6 heteroatoms. The Morgan fingerprint density at radius 2 is 2.35 bits per heavy atom. The highest BCUT2D eigenvalue weighted by molar-refractivity contribution is 6.30. The summed E-state index contributed by atoms with van der Waals surface area (Å²) < 4.78 is 1.76. The molecular weight excluding hydrogens is 276 g/mol. The summed E-state index contributed by atoms with van der Waals surface area (Å²) in [5.74, 6) is 0.301. The largest absolute Gasteiger partial charge is 0.299 e. The molecule has 1 aliphatic carbocycles. The molecule has 0 bridgehead atoms. The lowest BCUT2D eigenvalue weighted by Crippen LogP contribution is -2.31. The van der Waals surface area contributed by atoms with Crippen LogP contribution in [-0.4, -0.2) is 15.7 Å². The number of nitrogens with zero attached hydrogens (tertiary/aromatic N) is 2. The van der Waals surface area contributed by atoms with Crippen LogP contribution in [-0.2, 0) is 11.8 Å². The van der Waals surface area contributed by atoms with Crippen LogP contribution in [0.2, 0.25) is 5.02 Å². The highest BCUT2D eigenvalue weighted by Gasteiger charge is 2.44. The second-order valence-corrected chi connectivity index (χ2v) is 5.46. The van der Waals surface area contributed by atoms with Crippen molar-refractivity contribution < 1.29 is 4.79 Å². The number of amides is 1. The quantitative estimate of drug-likeness (QED) is 0.850. The zero-order valence-electron chi connectivity index (χ0n) is 11.0. The third-order valence-electron chi connectivity index (χ3n) is 3.43. The zero-order valence-corrected chi connectivity index (χ0v) is 11.8. The number of carbonyl (C=O) groups excluding carboxylic acids is 1. The number of aryl methyl sites for hydroxylation is 1. The standard InChI is InChI=1S/C14H15ClN4O/c1-19-8-9(7-16-19)12-6-13(12)14(20)18-17-11-4-2-3-10(15)5-11/h2-5,7-8,12-13,17H,6H2,1H3,(H,18,20)/t12-,13-/m1/s1. The summed E-state index contributed by atoms with van der Waals surface area (Å²) in [7, 11) is 1.88. The maximum absolute atomic E-state index is 12.0. The molecule has 1 aromatic carbocycles. The molecule has 1 fully saturated rings. The number of nitrogens with one attached hydrogen (secondary N) is 2. The average Bonchev–Trinajstić information content (AvgIpc) is 3.12. The number of hydrazine groups is 1. The Labute approximate surface area is 121 Å². The van der Waals surface area contributed by atoms with Crippen molar-refractivity contribution in [3.05, 3.63) is 47.2 Å². The van der Waals surface area contributed by atoms with E-state index in [0.29, 0.717) is 5.02 Å². The van der Waals surface area contributed by atoms with E-state index < -0.39 is 0 Å². The van der Waals surface area contributed by atoms with Gasteiger partial charge in [-0.1, -0.05) is 17.7 Å². The molecule has 2 atom stereocenters. The predicted octanol–water partition coefficient (Wildman–Crippen LogP) is 2.32. The number of aromatic nitrogens is 2. The molecule has 1 heterocycles. The molecule has 0 saturated heterocycles. The topological polar surface area (TPSA) is 59.0 Å². The van der Waals surface area contributed by atoms with Gasteiger partial charge in [0.25, 0.3) is 0 Å². The van der Waals surface area contributed by atoms with Gasteiger partial charge in [0, 0.05) is 24.2 Å². The van der Waals surface area contributed by atoms with Crippen molar-refractivity contribution in [2.75, 3.05) is 5.43 Å². The van der Waals surface area contributed by atoms with E-state index in [1.54, 1.807) is 16.8 Å². The first-order valence-corrected chi connectivity index (χ1v) is 6.81. The van der Waals surface area contributed by atoms with Crippen LogP contribution in [0, 0.1) is 5.92 Å². The minimum Gasteiger partial charge on any atom is -0.299 e. The molecule has 0 spiro atoms. The Morgan fingerprint density at radius 3 is 3.05 bits per heavy atom. The highest BCUT2D eigenvalue weighted by atomic mass is 35.5. The van der Waals surface area contributed by atoms with Gasteiger partial charge in [-0.2, -0.15) is 5.10 Å². The summed E-state index contributed by atoms with van der Waals surface area (Å²) in [4.78, 5) is 12.0. The minimum absolute atomic E-state index is 0.00108. The lowest BCUT2D eigenvalue weighted by atomic mass is 10.2. The first-order valence-electron chi connectivity index (χ1n) is 6.43. The second kappa shape index (κ2) is 5.17. The maximum Gasteiger partial charge on any atom is 0.242 e. The number of anilines is 1. The Morgan fingerprint density at radius 1 is 1.50 bits per heavy atom. The SMILES string of the molecule is Cn1cc([C@H]2C[C@H]2C(=O)NNc2cccc(Cl)c2)cn1. The summed E-state index contributed by atoms with van der Waals surface area (Å²) in [6.07, 6.45) is 4.65. The molecular formula is C14H15ClN4O. The molecule has 104 valence electrons. The first-order chi connectivity index (χ1) is 9.63. The fourth-order valence-corrected chi connectivity index (χ4v) is 2.47. The molecule has 1 aromatic heterocycles. The van der Waals surface area contributed by atoms with Crippen molar-refractivity contribution in [2.45, 2.75) is 12.3 Å². The van der Waals surface area contributed by atoms with E-state index in [2.05, 4.69) is 16.0 Å². The number of hydrogen-bond acceptors (Lipinski definition) is 3. The number of benzene rings is 1. The van der Waals surface area contributed by atoms with Crippen LogP contribution < -0.4 is 10.9 Å². The summed E-state index contributed by atoms with van der Waals surface area (Å²) in [5, 5.41) is 4.76. The minimum atomic E-state index is -0.00108. The molecule has 20 heavy (non-hydrogen) atoms. The van der Waals surface area contributed by atoms with Gasteiger partial charge in [-0.15, -0.1) is 0 Å². The van der Waals surface area contributed by atoms with E-state index in [4.69, 9.17) is 11.6 Å². The van der Waals surface area contributed by atoms with Crippen molar-refractivity contribution >= 4 is 23.2 Å². The van der Waals surface area contributed by atoms with Crippen LogP contribution in [0.15, 0.2) is 36.7 Å². The van der Waals surface area contributed by atoms with Gasteiger partial charge in [0.15, 0.2) is 0 Å². The van der Waals surface area contributed by atoms with Crippen LogP contribution in [0.4, 0.5) is 5.69 Å². The van der Waals surface area contributed by atoms with Crippen LogP contribution in [0.3, 0.4) is 0 Å². The zero-order chi connectivity index (χ0) is 14.1. The summed E-state index contributed by atoms with van der Waals surface area (Å²) in [6.45, 7) is 0. The van der Waals surface area contributed by atoms with Crippen molar-refractivity contribution in [3.63, 3.8) is 0 Å². The van der Waals surface area contributed by atoms with Gasteiger partial charge >= 0.3 is 0 Å². The molecule has 1 saturated carbocycles. The van der Waals surface area contributed by atoms with Gasteiger partial charge in [0.1, 0.15) is 0 Å². The van der Waals surface area contributed by atoms with Crippen molar-refractivity contribution in [1.29, 1.82) is 0 Å². The fraction of sp³-hybridized carbons (Fsp3) is 0.286. The lowest BCUT2D eigenvalue weighted by molar-refractivity contribution is -0.121. The van der Waals surface area contributed by atoms with E-state index in [-0.39, 0.29) is 17.7 Å². The van der Waals surface area contributed by atoms with Gasteiger partial charge in [0.05, 0.1) is 11.9 Å². The van der Waals surface area contributed by atoms with Gasteiger partial charge in [-0.05, 0) is 36.1 Å². The molecule has 0 aliphatic heterocycles. The van der Waals surface area contributed by atoms with Crippen LogP contribution in [0.25, 0.3) is 0 Å². The molecule has 2 N–H and O–H groups in total. The molecule has 5 nitrogen and oxygen atoms in total. The summed E-state index contributed by atoms with van der Waals surface area (Å²) in [5.41, 5.74) is 7.49. The van der Waals surface area contributed by atoms with Crippen molar-refractivity contribution in [1.82, 2.24) is 15.2 Å². The van der Waals surface area contributed by atoms with Crippen molar-refractivity contribution in [3.8, 4) is 0 Å².